The van der Waals surface area contributed by atoms with E-state index in [1.165, 1.54) is 0 Å². The average molecular weight is 280 g/mol. The van der Waals surface area contributed by atoms with Crippen LogP contribution in [0.5, 0.6) is 0 Å². The van der Waals surface area contributed by atoms with Gasteiger partial charge in [0.15, 0.2) is 0 Å². The van der Waals surface area contributed by atoms with Gasteiger partial charge in [-0.15, -0.1) is 0 Å². The first kappa shape index (κ1) is 13.5. The molecule has 21 heavy (non-hydrogen) atoms. The van der Waals surface area contributed by atoms with Crippen molar-refractivity contribution in [1.29, 1.82) is 0 Å². The maximum Gasteiger partial charge on any atom is 0.212 e. The molecule has 0 amide bonds. The first-order chi connectivity index (χ1) is 9.95. The van der Waals surface area contributed by atoms with Crippen molar-refractivity contribution in [3.63, 3.8) is 0 Å². The second kappa shape index (κ2) is 4.82. The van der Waals surface area contributed by atoms with E-state index < -0.39 is 5.60 Å². The Hall–Kier alpha value is -2.46. The van der Waals surface area contributed by atoms with E-state index in [0.29, 0.717) is 16.9 Å². The molecule has 106 valence electrons. The molecule has 0 aliphatic carbocycles. The summed E-state index contributed by atoms with van der Waals surface area (Å²) in [5, 5.41) is 10.0. The molecule has 0 atom stereocenters. The van der Waals surface area contributed by atoms with Crippen LogP contribution in [0, 0.1) is 0 Å². The molecule has 2 heterocycles. The van der Waals surface area contributed by atoms with Gasteiger partial charge in [-0.1, -0.05) is 36.4 Å². The van der Waals surface area contributed by atoms with Crippen LogP contribution in [0.2, 0.25) is 0 Å². The molecule has 3 aromatic rings. The first-order valence-electron chi connectivity index (χ1n) is 6.76. The van der Waals surface area contributed by atoms with E-state index in [0.717, 1.165) is 5.56 Å². The summed E-state index contributed by atoms with van der Waals surface area (Å²) in [6.45, 7) is 3.45. The largest absolute Gasteiger partial charge is 0.386 e. The van der Waals surface area contributed by atoms with Crippen molar-refractivity contribution in [2.45, 2.75) is 19.4 Å². The quantitative estimate of drug-likeness (QED) is 0.751. The summed E-state index contributed by atoms with van der Waals surface area (Å²) in [7, 11) is 0. The number of carbonyl (C=O) groups excluding carboxylic acids is 1. The summed E-state index contributed by atoms with van der Waals surface area (Å²) < 4.78 is 1.77. The zero-order valence-corrected chi connectivity index (χ0v) is 11.9. The molecular formula is C17H16N2O2. The zero-order chi connectivity index (χ0) is 15.0. The summed E-state index contributed by atoms with van der Waals surface area (Å²) in [5.41, 5.74) is 1.54. The van der Waals surface area contributed by atoms with Crippen molar-refractivity contribution in [3.05, 3.63) is 71.7 Å². The number of fused-ring (bicyclic) bond motifs is 1. The van der Waals surface area contributed by atoms with Gasteiger partial charge in [-0.2, -0.15) is 0 Å². The Kier molecular flexibility index (Phi) is 3.11. The molecule has 0 bridgehead atoms. The monoisotopic (exact) mass is 280 g/mol. The van der Waals surface area contributed by atoms with E-state index in [9.17, 15) is 9.90 Å². The molecule has 4 heteroatoms. The maximum atomic E-state index is 12.4. The normalized spacial score (nSPS) is 11.8. The average Bonchev–Trinajstić information content (AvgIpc) is 2.89. The highest BCUT2D eigenvalue weighted by atomic mass is 16.3. The number of hydrogen-bond acceptors (Lipinski definition) is 3. The maximum absolute atomic E-state index is 12.4. The van der Waals surface area contributed by atoms with Crippen molar-refractivity contribution in [2.24, 2.45) is 0 Å². The lowest BCUT2D eigenvalue weighted by molar-refractivity contribution is 0.0781. The van der Waals surface area contributed by atoms with E-state index in [2.05, 4.69) is 4.98 Å². The lowest BCUT2D eigenvalue weighted by Crippen LogP contribution is -2.15. The van der Waals surface area contributed by atoms with Crippen LogP contribution < -0.4 is 0 Å². The van der Waals surface area contributed by atoms with Crippen LogP contribution in [0.1, 0.15) is 35.5 Å². The molecule has 2 aromatic heterocycles. The highest BCUT2D eigenvalue weighted by Gasteiger charge is 2.18. The summed E-state index contributed by atoms with van der Waals surface area (Å²) in [6, 6.07) is 12.7. The molecule has 0 saturated carbocycles. The number of imidazole rings is 1. The molecule has 0 saturated heterocycles. The lowest BCUT2D eigenvalue weighted by atomic mass is 10.0. The molecular weight excluding hydrogens is 264 g/mol. The van der Waals surface area contributed by atoms with Crippen LogP contribution in [-0.4, -0.2) is 20.3 Å². The van der Waals surface area contributed by atoms with Crippen LogP contribution in [0.4, 0.5) is 0 Å². The molecule has 0 fully saturated rings. The fourth-order valence-electron chi connectivity index (χ4n) is 2.20. The second-order valence-electron chi connectivity index (χ2n) is 5.56. The summed E-state index contributed by atoms with van der Waals surface area (Å²) in [6.07, 6.45) is 3.49. The molecule has 0 aliphatic heterocycles. The predicted octanol–water partition coefficient (Wildman–Crippen LogP) is 2.79. The Morgan fingerprint density at radius 2 is 1.81 bits per heavy atom. The van der Waals surface area contributed by atoms with Crippen molar-refractivity contribution >= 4 is 11.4 Å². The van der Waals surface area contributed by atoms with Crippen molar-refractivity contribution in [2.75, 3.05) is 0 Å². The van der Waals surface area contributed by atoms with Gasteiger partial charge in [0, 0.05) is 18.0 Å². The summed E-state index contributed by atoms with van der Waals surface area (Å²) >= 11 is 0. The molecule has 3 rings (SSSR count). The number of aromatic nitrogens is 2. The second-order valence-corrected chi connectivity index (χ2v) is 5.56. The number of pyridine rings is 1. The minimum atomic E-state index is -0.929. The lowest BCUT2D eigenvalue weighted by Gasteiger charge is -2.17. The fraction of sp³-hybridized carbons (Fsp3) is 0.176. The number of nitrogens with zero attached hydrogens (tertiary/aromatic N) is 2. The van der Waals surface area contributed by atoms with Gasteiger partial charge in [-0.05, 0) is 25.5 Å². The van der Waals surface area contributed by atoms with Gasteiger partial charge in [0.05, 0.1) is 5.60 Å². The summed E-state index contributed by atoms with van der Waals surface area (Å²) in [4.78, 5) is 16.7. The van der Waals surface area contributed by atoms with Crippen molar-refractivity contribution in [3.8, 4) is 0 Å². The molecule has 0 unspecified atom stereocenters. The van der Waals surface area contributed by atoms with E-state index >= 15 is 0 Å². The third kappa shape index (κ3) is 2.58. The highest BCUT2D eigenvalue weighted by molar-refractivity contribution is 6.07. The van der Waals surface area contributed by atoms with E-state index in [4.69, 9.17) is 0 Å². The Bertz CT molecular complexity index is 799. The first-order valence-corrected chi connectivity index (χ1v) is 6.76. The van der Waals surface area contributed by atoms with Crippen LogP contribution in [0.3, 0.4) is 0 Å². The minimum Gasteiger partial charge on any atom is -0.386 e. The Morgan fingerprint density at radius 3 is 2.48 bits per heavy atom. The standard InChI is InChI=1S/C17H16N2O2/c1-17(2,21)13-8-9-15-18-14(11-19(15)10-13)16(20)12-6-4-3-5-7-12/h3-11,21H,1-2H3. The zero-order valence-electron chi connectivity index (χ0n) is 11.9. The molecule has 1 N–H and O–H groups in total. The van der Waals surface area contributed by atoms with Gasteiger partial charge < -0.3 is 9.51 Å². The van der Waals surface area contributed by atoms with Crippen molar-refractivity contribution < 1.29 is 9.90 Å². The number of aliphatic hydroxyl groups is 1. The highest BCUT2D eigenvalue weighted by Crippen LogP contribution is 2.20. The Balaban J connectivity index is 2.04. The third-order valence-electron chi connectivity index (χ3n) is 3.43. The van der Waals surface area contributed by atoms with Crippen molar-refractivity contribution in [1.82, 2.24) is 9.38 Å². The SMILES string of the molecule is CC(C)(O)c1ccc2nc(C(=O)c3ccccc3)cn2c1. The van der Waals surface area contributed by atoms with Crippen LogP contribution in [-0.2, 0) is 5.60 Å². The number of hydrogen-bond donors (Lipinski definition) is 1. The predicted molar refractivity (Wildman–Crippen MR) is 80.3 cm³/mol. The molecule has 1 aromatic carbocycles. The van der Waals surface area contributed by atoms with Gasteiger partial charge in [0.25, 0.3) is 0 Å². The van der Waals surface area contributed by atoms with Gasteiger partial charge in [0.1, 0.15) is 11.3 Å². The van der Waals surface area contributed by atoms with Crippen LogP contribution in [0.25, 0.3) is 5.65 Å². The topological polar surface area (TPSA) is 54.6 Å². The van der Waals surface area contributed by atoms with E-state index in [1.54, 1.807) is 48.8 Å². The molecule has 0 aliphatic rings. The van der Waals surface area contributed by atoms with Gasteiger partial charge in [0.2, 0.25) is 5.78 Å². The van der Waals surface area contributed by atoms with Gasteiger partial charge in [-0.3, -0.25) is 4.79 Å². The number of carbonyl (C=O) groups is 1. The van der Waals surface area contributed by atoms with Gasteiger partial charge >= 0.3 is 0 Å². The van der Waals surface area contributed by atoms with E-state index in [-0.39, 0.29) is 5.78 Å². The number of ketones is 1. The smallest absolute Gasteiger partial charge is 0.212 e. The van der Waals surface area contributed by atoms with Gasteiger partial charge in [-0.25, -0.2) is 4.98 Å². The third-order valence-corrected chi connectivity index (χ3v) is 3.43. The summed E-state index contributed by atoms with van der Waals surface area (Å²) in [5.74, 6) is -0.107. The molecule has 0 spiro atoms. The number of benzene rings is 1. The van der Waals surface area contributed by atoms with Crippen LogP contribution >= 0.6 is 0 Å². The van der Waals surface area contributed by atoms with E-state index in [1.807, 2.05) is 24.3 Å². The molecule has 0 radical (unpaired) electrons. The van der Waals surface area contributed by atoms with Crippen LogP contribution in [0.15, 0.2) is 54.9 Å². The Morgan fingerprint density at radius 1 is 1.10 bits per heavy atom. The fourth-order valence-corrected chi connectivity index (χ4v) is 2.20. The Labute approximate surface area is 122 Å². The number of rotatable bonds is 3. The molecule has 4 nitrogen and oxygen atoms in total. The minimum absolute atomic E-state index is 0.107.